The first-order valence-corrected chi connectivity index (χ1v) is 10.4. The number of rotatable bonds is 3. The summed E-state index contributed by atoms with van der Waals surface area (Å²) in [7, 11) is 0. The maximum Gasteiger partial charge on any atom is 0.236 e. The molecule has 2 heterocycles. The summed E-state index contributed by atoms with van der Waals surface area (Å²) in [4.78, 5) is 31.7. The molecule has 5 nitrogen and oxygen atoms in total. The lowest BCUT2D eigenvalue weighted by molar-refractivity contribution is -0.135. The van der Waals surface area contributed by atoms with Gasteiger partial charge in [-0.15, -0.1) is 0 Å². The van der Waals surface area contributed by atoms with Crippen LogP contribution in [0.4, 0.5) is 11.4 Å². The predicted molar refractivity (Wildman–Crippen MR) is 116 cm³/mol. The molecule has 2 amide bonds. The number of aryl methyl sites for hydroxylation is 1. The van der Waals surface area contributed by atoms with Crippen molar-refractivity contribution in [2.24, 2.45) is 0 Å². The van der Waals surface area contributed by atoms with Crippen molar-refractivity contribution < 1.29 is 9.59 Å². The highest BCUT2D eigenvalue weighted by molar-refractivity contribution is 6.06. The fraction of sp³-hybridized carbons (Fsp3) is 0.417. The van der Waals surface area contributed by atoms with Crippen LogP contribution >= 0.6 is 0 Å². The lowest BCUT2D eigenvalue weighted by atomic mass is 10.1. The minimum absolute atomic E-state index is 0.0534. The summed E-state index contributed by atoms with van der Waals surface area (Å²) >= 11 is 0. The van der Waals surface area contributed by atoms with Crippen LogP contribution in [-0.4, -0.2) is 48.9 Å². The molecule has 0 spiro atoms. The summed E-state index contributed by atoms with van der Waals surface area (Å²) < 4.78 is 0. The Labute approximate surface area is 172 Å². The summed E-state index contributed by atoms with van der Waals surface area (Å²) in [5.41, 5.74) is 5.96. The molecule has 4 rings (SSSR count). The van der Waals surface area contributed by atoms with Crippen LogP contribution < -0.4 is 9.80 Å². The molecule has 5 heteroatoms. The molecular weight excluding hydrogens is 362 g/mol. The number of amides is 2. The monoisotopic (exact) mass is 391 g/mol. The first kappa shape index (κ1) is 19.5. The fourth-order valence-corrected chi connectivity index (χ4v) is 4.55. The van der Waals surface area contributed by atoms with Crippen LogP contribution in [0.3, 0.4) is 0 Å². The van der Waals surface area contributed by atoms with Crippen molar-refractivity contribution >= 4 is 23.2 Å². The number of nitrogens with zero attached hydrogens (tertiary/aromatic N) is 3. The van der Waals surface area contributed by atoms with E-state index in [1.165, 1.54) is 22.4 Å². The van der Waals surface area contributed by atoms with Crippen LogP contribution in [0.15, 0.2) is 42.5 Å². The van der Waals surface area contributed by atoms with E-state index in [-0.39, 0.29) is 24.3 Å². The highest BCUT2D eigenvalue weighted by Crippen LogP contribution is 2.32. The van der Waals surface area contributed by atoms with Crippen molar-refractivity contribution in [3.63, 3.8) is 0 Å². The first-order chi connectivity index (χ1) is 14.0. The normalized spacial score (nSPS) is 18.7. The smallest absolute Gasteiger partial charge is 0.236 e. The van der Waals surface area contributed by atoms with E-state index in [1.807, 2.05) is 30.0 Å². The second-order valence-electron chi connectivity index (χ2n) is 8.21. The third kappa shape index (κ3) is 3.74. The van der Waals surface area contributed by atoms with Gasteiger partial charge < -0.3 is 14.7 Å². The Kier molecular flexibility index (Phi) is 5.31. The molecule has 1 saturated heterocycles. The molecule has 1 atom stereocenters. The summed E-state index contributed by atoms with van der Waals surface area (Å²) in [6.07, 6.45) is 0.798. The number of benzene rings is 2. The van der Waals surface area contributed by atoms with E-state index in [0.29, 0.717) is 13.1 Å². The second kappa shape index (κ2) is 7.90. The molecular formula is C24H29N3O2. The zero-order valence-electron chi connectivity index (χ0n) is 17.5. The molecule has 0 N–H and O–H groups in total. The van der Waals surface area contributed by atoms with E-state index in [4.69, 9.17) is 0 Å². The molecule has 2 aromatic carbocycles. The highest BCUT2D eigenvalue weighted by atomic mass is 16.2. The minimum atomic E-state index is -0.0931. The van der Waals surface area contributed by atoms with Crippen molar-refractivity contribution in [1.82, 2.24) is 4.90 Å². The van der Waals surface area contributed by atoms with Crippen LogP contribution in [0.1, 0.15) is 30.0 Å². The third-order valence-corrected chi connectivity index (χ3v) is 6.33. The maximum atomic E-state index is 12.9. The standard InChI is InChI=1S/C24H29N3O2/c1-17-7-6-10-21(19(17)3)25-11-13-26(14-12-25)23(28)16-24(29)27-18(2)15-20-8-4-5-9-22(20)27/h4-10,18H,11-16H2,1-3H3. The number of hydrogen-bond acceptors (Lipinski definition) is 3. The van der Waals surface area contributed by atoms with Gasteiger partial charge in [-0.25, -0.2) is 0 Å². The molecule has 2 aliphatic rings. The van der Waals surface area contributed by atoms with E-state index in [0.717, 1.165) is 25.2 Å². The number of hydrogen-bond donors (Lipinski definition) is 0. The maximum absolute atomic E-state index is 12.9. The number of anilines is 2. The predicted octanol–water partition coefficient (Wildman–Crippen LogP) is 3.32. The number of piperazine rings is 1. The summed E-state index contributed by atoms with van der Waals surface area (Å²) in [6.45, 7) is 9.24. The quantitative estimate of drug-likeness (QED) is 0.754. The van der Waals surface area contributed by atoms with Gasteiger partial charge in [-0.1, -0.05) is 30.3 Å². The third-order valence-electron chi connectivity index (χ3n) is 6.33. The lowest BCUT2D eigenvalue weighted by Gasteiger charge is -2.37. The van der Waals surface area contributed by atoms with Gasteiger partial charge >= 0.3 is 0 Å². The van der Waals surface area contributed by atoms with E-state index in [2.05, 4.69) is 43.0 Å². The molecule has 0 aliphatic carbocycles. The van der Waals surface area contributed by atoms with Crippen LogP contribution in [0.2, 0.25) is 0 Å². The molecule has 0 bridgehead atoms. The number of carbonyl (C=O) groups is 2. The molecule has 0 saturated carbocycles. The van der Waals surface area contributed by atoms with Gasteiger partial charge in [0.1, 0.15) is 6.42 Å². The molecule has 1 unspecified atom stereocenters. The average molecular weight is 392 g/mol. The molecule has 0 aromatic heterocycles. The van der Waals surface area contributed by atoms with E-state index in [9.17, 15) is 9.59 Å². The van der Waals surface area contributed by atoms with Crippen LogP contribution in [0.25, 0.3) is 0 Å². The van der Waals surface area contributed by atoms with Gasteiger partial charge in [0.05, 0.1) is 0 Å². The fourth-order valence-electron chi connectivity index (χ4n) is 4.55. The van der Waals surface area contributed by atoms with Gasteiger partial charge in [0.15, 0.2) is 0 Å². The van der Waals surface area contributed by atoms with Crippen LogP contribution in [-0.2, 0) is 16.0 Å². The highest BCUT2D eigenvalue weighted by Gasteiger charge is 2.33. The largest absolute Gasteiger partial charge is 0.368 e. The van der Waals surface area contributed by atoms with Crippen molar-refractivity contribution in [2.45, 2.75) is 39.7 Å². The van der Waals surface area contributed by atoms with Gasteiger partial charge in [0, 0.05) is 43.6 Å². The summed E-state index contributed by atoms with van der Waals surface area (Å²) in [5, 5.41) is 0. The van der Waals surface area contributed by atoms with E-state index >= 15 is 0 Å². The van der Waals surface area contributed by atoms with Gasteiger partial charge in [0.2, 0.25) is 11.8 Å². The Balaban J connectivity index is 1.37. The first-order valence-electron chi connectivity index (χ1n) is 10.4. The molecule has 2 aromatic rings. The van der Waals surface area contributed by atoms with Crippen molar-refractivity contribution in [3.05, 3.63) is 59.2 Å². The SMILES string of the molecule is Cc1cccc(N2CCN(C(=O)CC(=O)N3c4ccccc4CC3C)CC2)c1C. The Morgan fingerprint density at radius 3 is 2.34 bits per heavy atom. The Bertz CT molecular complexity index is 931. The average Bonchev–Trinajstić information content (AvgIpc) is 3.06. The Hall–Kier alpha value is -2.82. The van der Waals surface area contributed by atoms with Crippen molar-refractivity contribution in [2.75, 3.05) is 36.0 Å². The molecule has 152 valence electrons. The zero-order valence-corrected chi connectivity index (χ0v) is 17.5. The van der Waals surface area contributed by atoms with Crippen molar-refractivity contribution in [1.29, 1.82) is 0 Å². The summed E-state index contributed by atoms with van der Waals surface area (Å²) in [5.74, 6) is -0.156. The van der Waals surface area contributed by atoms with Gasteiger partial charge in [-0.05, 0) is 56.0 Å². The Morgan fingerprint density at radius 1 is 0.897 bits per heavy atom. The second-order valence-corrected chi connectivity index (χ2v) is 8.21. The van der Waals surface area contributed by atoms with Gasteiger partial charge in [-0.3, -0.25) is 9.59 Å². The van der Waals surface area contributed by atoms with Crippen molar-refractivity contribution in [3.8, 4) is 0 Å². The zero-order chi connectivity index (χ0) is 20.5. The summed E-state index contributed by atoms with van der Waals surface area (Å²) in [6, 6.07) is 14.5. The van der Waals surface area contributed by atoms with Gasteiger partial charge in [0.25, 0.3) is 0 Å². The van der Waals surface area contributed by atoms with Gasteiger partial charge in [-0.2, -0.15) is 0 Å². The van der Waals surface area contributed by atoms with Crippen LogP contribution in [0, 0.1) is 13.8 Å². The topological polar surface area (TPSA) is 43.9 Å². The van der Waals surface area contributed by atoms with E-state index < -0.39 is 0 Å². The molecule has 0 radical (unpaired) electrons. The lowest BCUT2D eigenvalue weighted by Crippen LogP contribution is -2.50. The number of fused-ring (bicyclic) bond motifs is 1. The number of carbonyl (C=O) groups excluding carboxylic acids is 2. The molecule has 1 fully saturated rings. The molecule has 29 heavy (non-hydrogen) atoms. The number of para-hydroxylation sites is 1. The Morgan fingerprint density at radius 2 is 1.59 bits per heavy atom. The minimum Gasteiger partial charge on any atom is -0.368 e. The molecule has 2 aliphatic heterocycles. The van der Waals surface area contributed by atoms with E-state index in [1.54, 1.807) is 4.90 Å². The van der Waals surface area contributed by atoms with Crippen LogP contribution in [0.5, 0.6) is 0 Å².